The topological polar surface area (TPSA) is 26.7 Å². The molecule has 0 spiro atoms. The van der Waals surface area contributed by atoms with E-state index in [0.29, 0.717) is 6.04 Å². The Kier molecular flexibility index (Phi) is 4.25. The van der Waals surface area contributed by atoms with Crippen LogP contribution in [0.1, 0.15) is 18.9 Å². The van der Waals surface area contributed by atoms with E-state index >= 15 is 0 Å². The third-order valence-electron chi connectivity index (χ3n) is 4.19. The van der Waals surface area contributed by atoms with Gasteiger partial charge in [-0.15, -0.1) is 0 Å². The van der Waals surface area contributed by atoms with Gasteiger partial charge in [-0.3, -0.25) is 4.90 Å². The van der Waals surface area contributed by atoms with Crippen molar-refractivity contribution < 1.29 is 5.11 Å². The number of hydrogen-bond donors (Lipinski definition) is 1. The molecule has 1 aromatic carbocycles. The van der Waals surface area contributed by atoms with E-state index in [0.717, 1.165) is 19.5 Å². The maximum Gasteiger partial charge on any atom is 0.0604 e. The summed E-state index contributed by atoms with van der Waals surface area (Å²) in [5.74, 6) is 0. The molecule has 1 fully saturated rings. The Morgan fingerprint density at radius 2 is 2.06 bits per heavy atom. The van der Waals surface area contributed by atoms with Crippen LogP contribution in [0.15, 0.2) is 24.3 Å². The van der Waals surface area contributed by atoms with Gasteiger partial charge in [-0.05, 0) is 38.9 Å². The van der Waals surface area contributed by atoms with Gasteiger partial charge in [-0.25, -0.2) is 0 Å². The minimum atomic E-state index is 0.224. The quantitative estimate of drug-likeness (QED) is 0.866. The molecule has 0 aliphatic carbocycles. The first kappa shape index (κ1) is 13.4. The van der Waals surface area contributed by atoms with Crippen LogP contribution >= 0.6 is 0 Å². The normalized spacial score (nSPS) is 26.1. The second-order valence-electron chi connectivity index (χ2n) is 5.37. The summed E-state index contributed by atoms with van der Waals surface area (Å²) in [6.07, 6.45) is 1.14. The van der Waals surface area contributed by atoms with Crippen LogP contribution in [0.3, 0.4) is 0 Å². The van der Waals surface area contributed by atoms with Gasteiger partial charge >= 0.3 is 0 Å². The standard InChI is InChI=1S/C15H24N2O/c1-12-6-4-5-7-15(12)17-9-8-13(2)16(3)14(10-17)11-18/h4-7,13-14,18H,8-11H2,1-3H3. The van der Waals surface area contributed by atoms with E-state index in [4.69, 9.17) is 0 Å². The molecular formula is C15H24N2O. The van der Waals surface area contributed by atoms with Crippen LogP contribution in [-0.4, -0.2) is 48.8 Å². The summed E-state index contributed by atoms with van der Waals surface area (Å²) in [4.78, 5) is 4.72. The van der Waals surface area contributed by atoms with Gasteiger partial charge in [0.15, 0.2) is 0 Å². The van der Waals surface area contributed by atoms with Gasteiger partial charge in [0.2, 0.25) is 0 Å². The van der Waals surface area contributed by atoms with Gasteiger partial charge in [0, 0.05) is 24.8 Å². The van der Waals surface area contributed by atoms with E-state index in [-0.39, 0.29) is 12.6 Å². The number of nitrogens with zero attached hydrogens (tertiary/aromatic N) is 2. The largest absolute Gasteiger partial charge is 0.395 e. The van der Waals surface area contributed by atoms with Gasteiger partial charge in [-0.2, -0.15) is 0 Å². The highest BCUT2D eigenvalue weighted by Gasteiger charge is 2.26. The molecule has 3 heteroatoms. The maximum absolute atomic E-state index is 9.57. The molecule has 1 aliphatic heterocycles. The average molecular weight is 248 g/mol. The number of aliphatic hydroxyl groups is 1. The Bertz CT molecular complexity index is 394. The third-order valence-corrected chi connectivity index (χ3v) is 4.19. The molecule has 1 heterocycles. The van der Waals surface area contributed by atoms with E-state index < -0.39 is 0 Å². The first-order chi connectivity index (χ1) is 8.63. The molecule has 0 bridgehead atoms. The van der Waals surface area contributed by atoms with Crippen molar-refractivity contribution in [3.05, 3.63) is 29.8 Å². The number of likely N-dealkylation sites (N-methyl/N-ethyl adjacent to an activating group) is 1. The van der Waals surface area contributed by atoms with Crippen molar-refractivity contribution >= 4 is 5.69 Å². The monoisotopic (exact) mass is 248 g/mol. The molecule has 0 aromatic heterocycles. The first-order valence-electron chi connectivity index (χ1n) is 6.77. The number of hydrogen-bond acceptors (Lipinski definition) is 3. The van der Waals surface area contributed by atoms with Crippen LogP contribution < -0.4 is 4.90 Å². The fourth-order valence-corrected chi connectivity index (χ4v) is 2.70. The number of aryl methyl sites for hydroxylation is 1. The summed E-state index contributed by atoms with van der Waals surface area (Å²) in [6, 6.07) is 9.25. The van der Waals surface area contributed by atoms with Crippen molar-refractivity contribution in [2.75, 3.05) is 31.6 Å². The second-order valence-corrected chi connectivity index (χ2v) is 5.37. The SMILES string of the molecule is Cc1ccccc1N1CCC(C)N(C)C(CO)C1. The molecule has 2 atom stereocenters. The van der Waals surface area contributed by atoms with Gasteiger partial charge < -0.3 is 10.0 Å². The zero-order valence-corrected chi connectivity index (χ0v) is 11.6. The van der Waals surface area contributed by atoms with Crippen molar-refractivity contribution in [1.82, 2.24) is 4.90 Å². The Morgan fingerprint density at radius 3 is 2.72 bits per heavy atom. The molecule has 0 saturated carbocycles. The molecule has 2 rings (SSSR count). The predicted octanol–water partition coefficient (Wildman–Crippen LogP) is 1.89. The molecular weight excluding hydrogens is 224 g/mol. The Balaban J connectivity index is 2.22. The number of benzene rings is 1. The molecule has 18 heavy (non-hydrogen) atoms. The van der Waals surface area contributed by atoms with Crippen molar-refractivity contribution in [2.45, 2.75) is 32.4 Å². The minimum absolute atomic E-state index is 0.224. The van der Waals surface area contributed by atoms with Crippen molar-refractivity contribution in [1.29, 1.82) is 0 Å². The third kappa shape index (κ3) is 2.68. The Hall–Kier alpha value is -1.06. The van der Waals surface area contributed by atoms with E-state index in [1.165, 1.54) is 11.3 Å². The number of rotatable bonds is 2. The lowest BCUT2D eigenvalue weighted by Gasteiger charge is -2.31. The van der Waals surface area contributed by atoms with E-state index in [9.17, 15) is 5.11 Å². The summed E-state index contributed by atoms with van der Waals surface area (Å²) in [7, 11) is 2.12. The lowest BCUT2D eigenvalue weighted by molar-refractivity contribution is 0.127. The van der Waals surface area contributed by atoms with Crippen molar-refractivity contribution in [2.24, 2.45) is 0 Å². The lowest BCUT2D eigenvalue weighted by atomic mass is 10.1. The van der Waals surface area contributed by atoms with E-state index in [2.05, 4.69) is 55.0 Å². The number of aliphatic hydroxyl groups excluding tert-OH is 1. The molecule has 1 aromatic rings. The van der Waals surface area contributed by atoms with E-state index in [1.807, 2.05) is 0 Å². The summed E-state index contributed by atoms with van der Waals surface area (Å²) < 4.78 is 0. The van der Waals surface area contributed by atoms with Crippen molar-refractivity contribution in [3.63, 3.8) is 0 Å². The van der Waals surface area contributed by atoms with Gasteiger partial charge in [0.25, 0.3) is 0 Å². The smallest absolute Gasteiger partial charge is 0.0604 e. The molecule has 1 N–H and O–H groups in total. The molecule has 0 amide bonds. The summed E-state index contributed by atoms with van der Waals surface area (Å²) >= 11 is 0. The highest BCUT2D eigenvalue weighted by molar-refractivity contribution is 5.53. The van der Waals surface area contributed by atoms with Gasteiger partial charge in [-0.1, -0.05) is 18.2 Å². The van der Waals surface area contributed by atoms with Gasteiger partial charge in [0.1, 0.15) is 0 Å². The number of para-hydroxylation sites is 1. The fraction of sp³-hybridized carbons (Fsp3) is 0.600. The predicted molar refractivity (Wildman–Crippen MR) is 76.1 cm³/mol. The first-order valence-corrected chi connectivity index (χ1v) is 6.77. The van der Waals surface area contributed by atoms with Crippen LogP contribution in [0, 0.1) is 6.92 Å². The van der Waals surface area contributed by atoms with Gasteiger partial charge in [0.05, 0.1) is 12.6 Å². The highest BCUT2D eigenvalue weighted by atomic mass is 16.3. The molecule has 1 saturated heterocycles. The Morgan fingerprint density at radius 1 is 1.33 bits per heavy atom. The Labute approximate surface area is 110 Å². The molecule has 2 unspecified atom stereocenters. The average Bonchev–Trinajstić information content (AvgIpc) is 2.52. The molecule has 0 radical (unpaired) electrons. The number of anilines is 1. The van der Waals surface area contributed by atoms with Crippen LogP contribution in [0.25, 0.3) is 0 Å². The van der Waals surface area contributed by atoms with Crippen molar-refractivity contribution in [3.8, 4) is 0 Å². The maximum atomic E-state index is 9.57. The van der Waals surface area contributed by atoms with Crippen LogP contribution in [-0.2, 0) is 0 Å². The van der Waals surface area contributed by atoms with Crippen LogP contribution in [0.4, 0.5) is 5.69 Å². The zero-order chi connectivity index (χ0) is 13.1. The highest BCUT2D eigenvalue weighted by Crippen LogP contribution is 2.23. The lowest BCUT2D eigenvalue weighted by Crippen LogP contribution is -2.44. The summed E-state index contributed by atoms with van der Waals surface area (Å²) in [6.45, 7) is 6.59. The fourth-order valence-electron chi connectivity index (χ4n) is 2.70. The van der Waals surface area contributed by atoms with E-state index in [1.54, 1.807) is 0 Å². The molecule has 3 nitrogen and oxygen atoms in total. The van der Waals surface area contributed by atoms with Crippen LogP contribution in [0.2, 0.25) is 0 Å². The summed E-state index contributed by atoms with van der Waals surface area (Å²) in [5.41, 5.74) is 2.62. The molecule has 1 aliphatic rings. The van der Waals surface area contributed by atoms with Crippen LogP contribution in [0.5, 0.6) is 0 Å². The molecule has 100 valence electrons. The zero-order valence-electron chi connectivity index (χ0n) is 11.6. The second kappa shape index (κ2) is 5.72. The summed E-state index contributed by atoms with van der Waals surface area (Å²) in [5, 5.41) is 9.57. The minimum Gasteiger partial charge on any atom is -0.395 e.